The third-order valence-corrected chi connectivity index (χ3v) is 3.02. The Morgan fingerprint density at radius 3 is 2.70 bits per heavy atom. The van der Waals surface area contributed by atoms with E-state index in [2.05, 4.69) is 15.0 Å². The van der Waals surface area contributed by atoms with Gasteiger partial charge in [-0.05, 0) is 30.3 Å². The summed E-state index contributed by atoms with van der Waals surface area (Å²) in [5.74, 6) is 0.396. The lowest BCUT2D eigenvalue weighted by Crippen LogP contribution is -2.07. The molecule has 3 heterocycles. The first kappa shape index (κ1) is 14.8. The minimum absolute atomic E-state index is 0.0453. The number of ketones is 1. The van der Waals surface area contributed by atoms with Crippen LogP contribution in [0.1, 0.15) is 16.2 Å². The van der Waals surface area contributed by atoms with Gasteiger partial charge in [-0.2, -0.15) is 0 Å². The van der Waals surface area contributed by atoms with Gasteiger partial charge in [-0.15, -0.1) is 0 Å². The lowest BCUT2D eigenvalue weighted by molar-refractivity contribution is 0.0987. The number of hydrogen-bond donors (Lipinski definition) is 0. The number of nitrogens with zero attached hydrogens (tertiary/aromatic N) is 3. The SMILES string of the molecule is O=C(Cc1ccc(F)cn1)c1cc(Oc2cccnc2)ccn1. The fraction of sp³-hybridized carbons (Fsp3) is 0.0588. The molecule has 3 aromatic heterocycles. The van der Waals surface area contributed by atoms with Crippen LogP contribution < -0.4 is 4.74 Å². The van der Waals surface area contributed by atoms with Gasteiger partial charge in [0.15, 0.2) is 5.78 Å². The van der Waals surface area contributed by atoms with Crippen LogP contribution >= 0.6 is 0 Å². The second-order valence-electron chi connectivity index (χ2n) is 4.74. The summed E-state index contributed by atoms with van der Waals surface area (Å²) in [6.07, 6.45) is 5.84. The number of hydrogen-bond acceptors (Lipinski definition) is 5. The van der Waals surface area contributed by atoms with Gasteiger partial charge in [0.05, 0.1) is 18.8 Å². The molecular formula is C17H12FN3O2. The van der Waals surface area contributed by atoms with Crippen molar-refractivity contribution in [3.63, 3.8) is 0 Å². The maximum atomic E-state index is 12.8. The predicted molar refractivity (Wildman–Crippen MR) is 80.8 cm³/mol. The van der Waals surface area contributed by atoms with E-state index in [1.54, 1.807) is 36.7 Å². The van der Waals surface area contributed by atoms with Crippen LogP contribution in [0.3, 0.4) is 0 Å². The van der Waals surface area contributed by atoms with Gasteiger partial charge in [0.25, 0.3) is 0 Å². The van der Waals surface area contributed by atoms with E-state index >= 15 is 0 Å². The number of pyridine rings is 3. The van der Waals surface area contributed by atoms with Gasteiger partial charge in [0.1, 0.15) is 23.0 Å². The predicted octanol–water partition coefficient (Wildman–Crippen LogP) is 3.23. The Morgan fingerprint density at radius 1 is 1.04 bits per heavy atom. The first-order valence-electron chi connectivity index (χ1n) is 6.88. The van der Waals surface area contributed by atoms with Crippen LogP contribution in [0.25, 0.3) is 0 Å². The Bertz CT molecular complexity index is 808. The van der Waals surface area contributed by atoms with Gasteiger partial charge >= 0.3 is 0 Å². The largest absolute Gasteiger partial charge is 0.456 e. The molecule has 0 aliphatic heterocycles. The Kier molecular flexibility index (Phi) is 4.33. The summed E-state index contributed by atoms with van der Waals surface area (Å²) in [6.45, 7) is 0. The van der Waals surface area contributed by atoms with Crippen molar-refractivity contribution in [3.8, 4) is 11.5 Å². The van der Waals surface area contributed by atoms with Crippen molar-refractivity contribution in [1.82, 2.24) is 15.0 Å². The molecule has 5 nitrogen and oxygen atoms in total. The standard InChI is InChI=1S/C17H12FN3O2/c18-12-3-4-13(21-10-12)8-17(22)16-9-14(5-7-20-16)23-15-2-1-6-19-11-15/h1-7,9-11H,8H2. The zero-order valence-corrected chi connectivity index (χ0v) is 12.0. The molecule has 0 aliphatic rings. The Balaban J connectivity index is 1.73. The van der Waals surface area contributed by atoms with Crippen LogP contribution in [0, 0.1) is 5.82 Å². The number of Topliss-reactive ketones (excluding diaryl/α,β-unsaturated/α-hetero) is 1. The number of rotatable bonds is 5. The van der Waals surface area contributed by atoms with Crippen LogP contribution in [-0.4, -0.2) is 20.7 Å². The molecule has 0 N–H and O–H groups in total. The highest BCUT2D eigenvalue weighted by Crippen LogP contribution is 2.20. The molecule has 114 valence electrons. The van der Waals surface area contributed by atoms with Gasteiger partial charge in [-0.25, -0.2) is 4.39 Å². The van der Waals surface area contributed by atoms with Crippen molar-refractivity contribution in [2.75, 3.05) is 0 Å². The summed E-state index contributed by atoms with van der Waals surface area (Å²) < 4.78 is 18.4. The third kappa shape index (κ3) is 3.94. The molecule has 3 aromatic rings. The molecule has 0 unspecified atom stereocenters. The molecule has 0 spiro atoms. The van der Waals surface area contributed by atoms with Crippen molar-refractivity contribution >= 4 is 5.78 Å². The molecule has 0 aliphatic carbocycles. The number of carbonyl (C=O) groups excluding carboxylic acids is 1. The molecule has 0 amide bonds. The van der Waals surface area contributed by atoms with Gasteiger partial charge in [-0.3, -0.25) is 19.7 Å². The summed E-state index contributed by atoms with van der Waals surface area (Å²) in [7, 11) is 0. The molecule has 3 rings (SSSR count). The number of carbonyl (C=O) groups is 1. The van der Waals surface area contributed by atoms with Crippen LogP contribution in [0.5, 0.6) is 11.5 Å². The molecule has 0 atom stereocenters. The monoisotopic (exact) mass is 309 g/mol. The van der Waals surface area contributed by atoms with E-state index < -0.39 is 5.82 Å². The molecule has 0 aromatic carbocycles. The lowest BCUT2D eigenvalue weighted by Gasteiger charge is -2.06. The van der Waals surface area contributed by atoms with Gasteiger partial charge in [0.2, 0.25) is 0 Å². The second-order valence-corrected chi connectivity index (χ2v) is 4.74. The summed E-state index contributed by atoms with van der Waals surface area (Å²) in [4.78, 5) is 24.1. The van der Waals surface area contributed by atoms with E-state index in [4.69, 9.17) is 4.74 Å². The minimum Gasteiger partial charge on any atom is -0.456 e. The van der Waals surface area contributed by atoms with E-state index in [1.807, 2.05) is 0 Å². The fourth-order valence-corrected chi connectivity index (χ4v) is 1.94. The van der Waals surface area contributed by atoms with Crippen molar-refractivity contribution in [2.45, 2.75) is 6.42 Å². The fourth-order valence-electron chi connectivity index (χ4n) is 1.94. The van der Waals surface area contributed by atoms with E-state index in [9.17, 15) is 9.18 Å². The lowest BCUT2D eigenvalue weighted by atomic mass is 10.1. The van der Waals surface area contributed by atoms with Crippen LogP contribution in [0.2, 0.25) is 0 Å². The number of aromatic nitrogens is 3. The third-order valence-electron chi connectivity index (χ3n) is 3.02. The smallest absolute Gasteiger partial charge is 0.187 e. The molecular weight excluding hydrogens is 297 g/mol. The van der Waals surface area contributed by atoms with Crippen LogP contribution in [-0.2, 0) is 6.42 Å². The van der Waals surface area contributed by atoms with Crippen molar-refractivity contribution in [2.24, 2.45) is 0 Å². The maximum absolute atomic E-state index is 12.8. The second kappa shape index (κ2) is 6.74. The van der Waals surface area contributed by atoms with Crippen molar-refractivity contribution in [1.29, 1.82) is 0 Å². The average Bonchev–Trinajstić information content (AvgIpc) is 2.58. The number of halogens is 1. The van der Waals surface area contributed by atoms with E-state index in [1.165, 1.54) is 18.3 Å². The number of ether oxygens (including phenoxy) is 1. The van der Waals surface area contributed by atoms with Crippen molar-refractivity contribution < 1.29 is 13.9 Å². The summed E-state index contributed by atoms with van der Waals surface area (Å²) in [6, 6.07) is 9.47. The summed E-state index contributed by atoms with van der Waals surface area (Å²) in [5.41, 5.74) is 0.745. The Hall–Kier alpha value is -3.15. The van der Waals surface area contributed by atoms with E-state index in [0.717, 1.165) is 6.20 Å². The summed E-state index contributed by atoms with van der Waals surface area (Å²) >= 11 is 0. The highest BCUT2D eigenvalue weighted by Gasteiger charge is 2.11. The van der Waals surface area contributed by atoms with E-state index in [0.29, 0.717) is 17.2 Å². The van der Waals surface area contributed by atoms with Gasteiger partial charge in [0, 0.05) is 24.2 Å². The molecule has 6 heteroatoms. The molecule has 0 fully saturated rings. The highest BCUT2D eigenvalue weighted by molar-refractivity contribution is 5.95. The van der Waals surface area contributed by atoms with Gasteiger partial charge < -0.3 is 4.74 Å². The molecule has 0 bridgehead atoms. The Labute approximate surface area is 131 Å². The highest BCUT2D eigenvalue weighted by atomic mass is 19.1. The molecule has 23 heavy (non-hydrogen) atoms. The van der Waals surface area contributed by atoms with E-state index in [-0.39, 0.29) is 17.9 Å². The quantitative estimate of drug-likeness (QED) is 0.677. The minimum atomic E-state index is -0.439. The zero-order valence-electron chi connectivity index (χ0n) is 12.0. The first-order chi connectivity index (χ1) is 11.2. The average molecular weight is 309 g/mol. The summed E-state index contributed by atoms with van der Waals surface area (Å²) in [5, 5.41) is 0. The van der Waals surface area contributed by atoms with Crippen molar-refractivity contribution in [3.05, 3.63) is 78.4 Å². The normalized spacial score (nSPS) is 10.3. The first-order valence-corrected chi connectivity index (χ1v) is 6.88. The molecule has 0 saturated heterocycles. The van der Waals surface area contributed by atoms with Crippen LogP contribution in [0.15, 0.2) is 61.2 Å². The maximum Gasteiger partial charge on any atom is 0.187 e. The topological polar surface area (TPSA) is 65.0 Å². The van der Waals surface area contributed by atoms with Crippen LogP contribution in [0.4, 0.5) is 4.39 Å². The molecule has 0 saturated carbocycles. The molecule has 0 radical (unpaired) electrons. The Morgan fingerprint density at radius 2 is 1.96 bits per heavy atom. The zero-order chi connectivity index (χ0) is 16.1. The van der Waals surface area contributed by atoms with Gasteiger partial charge in [-0.1, -0.05) is 0 Å².